The highest BCUT2D eigenvalue weighted by atomic mass is 32.1. The first-order valence-corrected chi connectivity index (χ1v) is 15.6. The summed E-state index contributed by atoms with van der Waals surface area (Å²) in [5, 5.41) is 0.787. The zero-order valence-corrected chi connectivity index (χ0v) is 26.0. The van der Waals surface area contributed by atoms with Gasteiger partial charge >= 0.3 is 0 Å². The SMILES string of the molecule is CC1(C)C2=C(c3sc(C=C4C(=O)c5cc(F)c(F)cc5C4=O)nc31)C(C)(C)c1nc(C=C3C(=O)c4cc(F)c(F)cc4C3=O)sc12. The Labute approximate surface area is 265 Å². The van der Waals surface area contributed by atoms with Crippen LogP contribution in [0.25, 0.3) is 23.3 Å². The van der Waals surface area contributed by atoms with Crippen LogP contribution in [0, 0.1) is 23.3 Å². The van der Waals surface area contributed by atoms with Crippen LogP contribution in [0.15, 0.2) is 35.4 Å². The van der Waals surface area contributed by atoms with Crippen molar-refractivity contribution in [2.24, 2.45) is 0 Å². The molecule has 2 heterocycles. The predicted octanol–water partition coefficient (Wildman–Crippen LogP) is 7.57. The molecule has 0 aliphatic heterocycles. The lowest BCUT2D eigenvalue weighted by Gasteiger charge is -2.21. The zero-order valence-electron chi connectivity index (χ0n) is 24.3. The minimum atomic E-state index is -1.21. The molecular weight excluding hydrogens is 641 g/mol. The minimum Gasteiger partial charge on any atom is -0.288 e. The molecule has 4 aromatic rings. The van der Waals surface area contributed by atoms with Crippen LogP contribution < -0.4 is 0 Å². The van der Waals surface area contributed by atoms with E-state index in [9.17, 15) is 36.7 Å². The van der Waals surface area contributed by atoms with Crippen molar-refractivity contribution in [3.05, 3.63) is 112 Å². The summed E-state index contributed by atoms with van der Waals surface area (Å²) >= 11 is 2.59. The van der Waals surface area contributed by atoms with Gasteiger partial charge in [0, 0.05) is 33.1 Å². The normalized spacial score (nSPS) is 18.3. The number of hydrogen-bond acceptors (Lipinski definition) is 8. The number of carbonyl (C=O) groups excluding carboxylic acids is 4. The molecule has 0 atom stereocenters. The number of nitrogens with zero attached hydrogens (tertiary/aromatic N) is 2. The predicted molar refractivity (Wildman–Crippen MR) is 163 cm³/mol. The number of ketones is 4. The molecule has 0 bridgehead atoms. The van der Waals surface area contributed by atoms with E-state index in [0.29, 0.717) is 10.0 Å². The average Bonchev–Trinajstić information content (AvgIpc) is 3.78. The van der Waals surface area contributed by atoms with Gasteiger partial charge in [0.05, 0.1) is 32.3 Å². The fraction of sp³-hybridized carbons (Fsp3) is 0.176. The second kappa shape index (κ2) is 8.98. The highest BCUT2D eigenvalue weighted by molar-refractivity contribution is 7.15. The summed E-state index contributed by atoms with van der Waals surface area (Å²) in [6.45, 7) is 7.96. The summed E-state index contributed by atoms with van der Waals surface area (Å²) in [6, 6.07) is 2.95. The average molecular weight is 659 g/mol. The van der Waals surface area contributed by atoms with Gasteiger partial charge in [-0.1, -0.05) is 27.7 Å². The van der Waals surface area contributed by atoms with E-state index in [2.05, 4.69) is 0 Å². The van der Waals surface area contributed by atoms with E-state index in [4.69, 9.17) is 9.97 Å². The highest BCUT2D eigenvalue weighted by Crippen LogP contribution is 2.64. The first-order chi connectivity index (χ1) is 21.6. The van der Waals surface area contributed by atoms with Gasteiger partial charge in [-0.2, -0.15) is 0 Å². The Balaban J connectivity index is 1.18. The monoisotopic (exact) mass is 658 g/mol. The lowest BCUT2D eigenvalue weighted by atomic mass is 9.84. The summed E-state index contributed by atoms with van der Waals surface area (Å²) in [5.41, 5.74) is 0.957. The van der Waals surface area contributed by atoms with E-state index in [1.807, 2.05) is 27.7 Å². The Morgan fingerprint density at radius 2 is 0.826 bits per heavy atom. The second-order valence-electron chi connectivity index (χ2n) is 12.5. The molecule has 46 heavy (non-hydrogen) atoms. The molecular formula is C34H18F4N2O4S2. The first-order valence-electron chi connectivity index (χ1n) is 14.0. The van der Waals surface area contributed by atoms with E-state index >= 15 is 0 Å². The smallest absolute Gasteiger partial charge is 0.197 e. The van der Waals surface area contributed by atoms with E-state index < -0.39 is 57.2 Å². The number of rotatable bonds is 2. The lowest BCUT2D eigenvalue weighted by molar-refractivity contribution is 0.0975. The van der Waals surface area contributed by atoms with Crippen LogP contribution in [0.1, 0.15) is 100 Å². The van der Waals surface area contributed by atoms with Gasteiger partial charge in [0.2, 0.25) is 0 Å². The van der Waals surface area contributed by atoms with Crippen LogP contribution in [-0.2, 0) is 10.8 Å². The Kier molecular flexibility index (Phi) is 5.62. The van der Waals surface area contributed by atoms with Crippen LogP contribution in [0.4, 0.5) is 17.6 Å². The third-order valence-electron chi connectivity index (χ3n) is 9.04. The van der Waals surface area contributed by atoms with Crippen LogP contribution in [0.2, 0.25) is 0 Å². The third-order valence-corrected chi connectivity index (χ3v) is 11.1. The second-order valence-corrected chi connectivity index (χ2v) is 14.6. The molecule has 4 aliphatic carbocycles. The fourth-order valence-corrected chi connectivity index (χ4v) is 9.54. The maximum Gasteiger partial charge on any atom is 0.197 e. The molecule has 228 valence electrons. The van der Waals surface area contributed by atoms with Gasteiger partial charge < -0.3 is 0 Å². The number of hydrogen-bond donors (Lipinski definition) is 0. The van der Waals surface area contributed by atoms with Crippen molar-refractivity contribution in [2.75, 3.05) is 0 Å². The Morgan fingerprint density at radius 1 is 0.543 bits per heavy atom. The van der Waals surface area contributed by atoms with E-state index in [1.54, 1.807) is 0 Å². The number of thiazole rings is 2. The molecule has 6 nitrogen and oxygen atoms in total. The minimum absolute atomic E-state index is 0.188. The lowest BCUT2D eigenvalue weighted by Crippen LogP contribution is -2.18. The zero-order chi connectivity index (χ0) is 32.8. The van der Waals surface area contributed by atoms with Crippen LogP contribution >= 0.6 is 22.7 Å². The molecule has 2 aromatic carbocycles. The van der Waals surface area contributed by atoms with Gasteiger partial charge in [-0.15, -0.1) is 22.7 Å². The summed E-state index contributed by atoms with van der Waals surface area (Å²) in [4.78, 5) is 63.2. The fourth-order valence-electron chi connectivity index (χ4n) is 6.78. The summed E-state index contributed by atoms with van der Waals surface area (Å²) in [6.07, 6.45) is 2.73. The Morgan fingerprint density at radius 3 is 1.11 bits per heavy atom. The molecule has 0 unspecified atom stereocenters. The molecule has 0 saturated carbocycles. The van der Waals surface area contributed by atoms with Crippen molar-refractivity contribution >= 4 is 69.1 Å². The maximum absolute atomic E-state index is 13.8. The Hall–Kier alpha value is -4.68. The van der Waals surface area contributed by atoms with Crippen molar-refractivity contribution in [3.63, 3.8) is 0 Å². The molecule has 0 amide bonds. The Bertz CT molecular complexity index is 2090. The number of allylic oxidation sites excluding steroid dienone is 4. The highest BCUT2D eigenvalue weighted by Gasteiger charge is 2.54. The topological polar surface area (TPSA) is 94.1 Å². The maximum atomic E-state index is 13.8. The van der Waals surface area contributed by atoms with Crippen molar-refractivity contribution in [1.82, 2.24) is 9.97 Å². The summed E-state index contributed by atoms with van der Waals surface area (Å²) < 4.78 is 55.3. The first kappa shape index (κ1) is 28.8. The van der Waals surface area contributed by atoms with Crippen LogP contribution in [-0.4, -0.2) is 33.1 Å². The molecule has 0 N–H and O–H groups in total. The molecule has 0 spiro atoms. The van der Waals surface area contributed by atoms with Gasteiger partial charge in [-0.25, -0.2) is 27.5 Å². The summed E-state index contributed by atoms with van der Waals surface area (Å²) in [7, 11) is 0. The van der Waals surface area contributed by atoms with Crippen molar-refractivity contribution in [3.8, 4) is 0 Å². The largest absolute Gasteiger partial charge is 0.288 e. The van der Waals surface area contributed by atoms with Gasteiger partial charge in [0.15, 0.2) is 46.4 Å². The molecule has 12 heteroatoms. The van der Waals surface area contributed by atoms with Crippen molar-refractivity contribution in [1.29, 1.82) is 0 Å². The molecule has 8 rings (SSSR count). The molecule has 4 aliphatic rings. The number of aromatic nitrogens is 2. The number of halogens is 4. The van der Waals surface area contributed by atoms with Crippen LogP contribution in [0.5, 0.6) is 0 Å². The molecule has 0 saturated heterocycles. The van der Waals surface area contributed by atoms with Gasteiger partial charge in [-0.05, 0) is 47.6 Å². The van der Waals surface area contributed by atoms with Crippen LogP contribution in [0.3, 0.4) is 0 Å². The van der Waals surface area contributed by atoms with Crippen molar-refractivity contribution < 1.29 is 36.7 Å². The van der Waals surface area contributed by atoms with Gasteiger partial charge in [0.1, 0.15) is 10.0 Å². The van der Waals surface area contributed by atoms with E-state index in [-0.39, 0.29) is 33.4 Å². The standard InChI is InChI=1S/C34H18F4N2O4S2/c1-33(2)23-24(30-31(33)39-21(46-30)9-15-25(41)11-5-17(35)18(36)6-12(11)26(15)42)34(3,4)32-29(23)45-22(40-32)10-16-27(43)13-7-19(37)20(38)8-14(13)28(16)44/h5-10H,1-4H3. The molecule has 2 aromatic heterocycles. The number of benzene rings is 2. The summed E-state index contributed by atoms with van der Waals surface area (Å²) in [5.74, 6) is -7.62. The quantitative estimate of drug-likeness (QED) is 0.125. The number of fused-ring (bicyclic) bond motifs is 6. The number of carbonyl (C=O) groups is 4. The molecule has 0 fully saturated rings. The van der Waals surface area contributed by atoms with Gasteiger partial charge in [0.25, 0.3) is 0 Å². The molecule has 0 radical (unpaired) electrons. The number of Topliss-reactive ketones (excluding diaryl/α,β-unsaturated/α-hetero) is 4. The third kappa shape index (κ3) is 3.56. The van der Waals surface area contributed by atoms with E-state index in [0.717, 1.165) is 56.6 Å². The van der Waals surface area contributed by atoms with E-state index in [1.165, 1.54) is 34.8 Å². The van der Waals surface area contributed by atoms with Gasteiger partial charge in [-0.3, -0.25) is 19.2 Å². The van der Waals surface area contributed by atoms with Crippen molar-refractivity contribution in [2.45, 2.75) is 38.5 Å².